The van der Waals surface area contributed by atoms with Crippen molar-refractivity contribution in [1.29, 1.82) is 0 Å². The normalized spacial score (nSPS) is 17.2. The van der Waals surface area contributed by atoms with Crippen molar-refractivity contribution in [1.82, 2.24) is 10.2 Å². The monoisotopic (exact) mass is 438 g/mol. The van der Waals surface area contributed by atoms with E-state index < -0.39 is 0 Å². The Balaban J connectivity index is 1.61. The van der Waals surface area contributed by atoms with E-state index in [0.29, 0.717) is 31.0 Å². The number of nitrogens with zero attached hydrogens (tertiary/aromatic N) is 1. The Morgan fingerprint density at radius 3 is 2.41 bits per heavy atom. The van der Waals surface area contributed by atoms with Gasteiger partial charge in [-0.25, -0.2) is 0 Å². The van der Waals surface area contributed by atoms with Crippen LogP contribution in [0.3, 0.4) is 0 Å². The molecule has 1 aliphatic heterocycles. The first-order valence-corrected chi connectivity index (χ1v) is 11.1. The number of benzene rings is 2. The number of rotatable bonds is 8. The van der Waals surface area contributed by atoms with Crippen LogP contribution in [0.5, 0.6) is 11.5 Å². The summed E-state index contributed by atoms with van der Waals surface area (Å²) in [7, 11) is 3.21. The number of amides is 2. The first-order chi connectivity index (χ1) is 15.2. The van der Waals surface area contributed by atoms with Crippen LogP contribution >= 0.6 is 0 Å². The van der Waals surface area contributed by atoms with Crippen molar-refractivity contribution < 1.29 is 19.1 Å². The third-order valence-electron chi connectivity index (χ3n) is 5.99. The van der Waals surface area contributed by atoms with Crippen LogP contribution in [0.15, 0.2) is 48.5 Å². The predicted molar refractivity (Wildman–Crippen MR) is 125 cm³/mol. The van der Waals surface area contributed by atoms with Crippen molar-refractivity contribution >= 4 is 11.8 Å². The smallest absolute Gasteiger partial charge is 0.225 e. The molecule has 32 heavy (non-hydrogen) atoms. The maximum atomic E-state index is 13.1. The SMILES string of the molecule is COc1ccc(CCN2CC(C(=O)NC(c3ccccc3)C(C)(C)C)CC2=O)cc1OC. The summed E-state index contributed by atoms with van der Waals surface area (Å²) in [6, 6.07) is 15.6. The molecule has 0 radical (unpaired) electrons. The predicted octanol–water partition coefficient (Wildman–Crippen LogP) is 4.00. The van der Waals surface area contributed by atoms with Gasteiger partial charge in [-0.1, -0.05) is 57.2 Å². The van der Waals surface area contributed by atoms with Gasteiger partial charge in [0.2, 0.25) is 11.8 Å². The molecule has 1 saturated heterocycles. The summed E-state index contributed by atoms with van der Waals surface area (Å²) in [6.07, 6.45) is 0.943. The molecule has 0 aromatic heterocycles. The van der Waals surface area contributed by atoms with Crippen molar-refractivity contribution in [3.8, 4) is 11.5 Å². The van der Waals surface area contributed by atoms with E-state index in [4.69, 9.17) is 9.47 Å². The molecular weight excluding hydrogens is 404 g/mol. The van der Waals surface area contributed by atoms with Crippen LogP contribution in [0.2, 0.25) is 0 Å². The molecule has 172 valence electrons. The molecule has 2 aromatic carbocycles. The fraction of sp³-hybridized carbons (Fsp3) is 0.462. The maximum Gasteiger partial charge on any atom is 0.225 e. The molecule has 0 aliphatic carbocycles. The molecule has 1 N–H and O–H groups in total. The lowest BCUT2D eigenvalue weighted by atomic mass is 9.82. The number of nitrogens with one attached hydrogen (secondary N) is 1. The third-order valence-corrected chi connectivity index (χ3v) is 5.99. The fourth-order valence-corrected chi connectivity index (χ4v) is 4.17. The van der Waals surface area contributed by atoms with Gasteiger partial charge in [0.25, 0.3) is 0 Å². The minimum atomic E-state index is -0.332. The van der Waals surface area contributed by atoms with E-state index in [-0.39, 0.29) is 35.6 Å². The van der Waals surface area contributed by atoms with Gasteiger partial charge in [0.15, 0.2) is 11.5 Å². The second kappa shape index (κ2) is 10.1. The Morgan fingerprint density at radius 1 is 1.09 bits per heavy atom. The Labute approximate surface area is 190 Å². The van der Waals surface area contributed by atoms with Gasteiger partial charge < -0.3 is 19.7 Å². The zero-order valence-corrected chi connectivity index (χ0v) is 19.7. The molecule has 6 heteroatoms. The van der Waals surface area contributed by atoms with Gasteiger partial charge in [-0.15, -0.1) is 0 Å². The highest BCUT2D eigenvalue weighted by molar-refractivity contribution is 5.89. The van der Waals surface area contributed by atoms with Crippen LogP contribution in [-0.4, -0.2) is 44.0 Å². The molecule has 3 rings (SSSR count). The van der Waals surface area contributed by atoms with E-state index in [1.807, 2.05) is 48.5 Å². The van der Waals surface area contributed by atoms with Gasteiger partial charge in [-0.05, 0) is 35.1 Å². The quantitative estimate of drug-likeness (QED) is 0.677. The second-order valence-electron chi connectivity index (χ2n) is 9.40. The number of methoxy groups -OCH3 is 2. The Hall–Kier alpha value is -3.02. The topological polar surface area (TPSA) is 67.9 Å². The summed E-state index contributed by atoms with van der Waals surface area (Å²) in [4.78, 5) is 27.4. The van der Waals surface area contributed by atoms with E-state index in [1.165, 1.54) is 0 Å². The third kappa shape index (κ3) is 5.61. The van der Waals surface area contributed by atoms with Crippen molar-refractivity contribution in [3.05, 3.63) is 59.7 Å². The van der Waals surface area contributed by atoms with Crippen LogP contribution in [0.25, 0.3) is 0 Å². The van der Waals surface area contributed by atoms with Gasteiger partial charge in [-0.3, -0.25) is 9.59 Å². The molecule has 1 aliphatic rings. The van der Waals surface area contributed by atoms with Gasteiger partial charge in [0, 0.05) is 19.5 Å². The van der Waals surface area contributed by atoms with Crippen LogP contribution in [0, 0.1) is 11.3 Å². The molecule has 2 atom stereocenters. The molecule has 0 spiro atoms. The highest BCUT2D eigenvalue weighted by atomic mass is 16.5. The molecule has 0 saturated carbocycles. The number of carbonyl (C=O) groups is 2. The second-order valence-corrected chi connectivity index (χ2v) is 9.40. The van der Waals surface area contributed by atoms with Crippen LogP contribution < -0.4 is 14.8 Å². The largest absolute Gasteiger partial charge is 0.493 e. The first-order valence-electron chi connectivity index (χ1n) is 11.1. The summed E-state index contributed by atoms with van der Waals surface area (Å²) in [5, 5.41) is 3.21. The number of likely N-dealkylation sites (tertiary alicyclic amines) is 1. The molecule has 2 unspecified atom stereocenters. The van der Waals surface area contributed by atoms with E-state index in [0.717, 1.165) is 11.1 Å². The van der Waals surface area contributed by atoms with Crippen molar-refractivity contribution in [2.24, 2.45) is 11.3 Å². The molecule has 1 heterocycles. The summed E-state index contributed by atoms with van der Waals surface area (Å²) >= 11 is 0. The number of ether oxygens (including phenoxy) is 2. The molecule has 2 aromatic rings. The summed E-state index contributed by atoms with van der Waals surface area (Å²) < 4.78 is 10.6. The minimum Gasteiger partial charge on any atom is -0.493 e. The minimum absolute atomic E-state index is 0.0256. The van der Waals surface area contributed by atoms with Crippen molar-refractivity contribution in [3.63, 3.8) is 0 Å². The van der Waals surface area contributed by atoms with Gasteiger partial charge in [0.05, 0.1) is 26.2 Å². The molecule has 2 amide bonds. The first kappa shape index (κ1) is 23.6. The summed E-state index contributed by atoms with van der Waals surface area (Å²) in [6.45, 7) is 7.35. The summed E-state index contributed by atoms with van der Waals surface area (Å²) in [5.41, 5.74) is 1.98. The van der Waals surface area contributed by atoms with Crippen LogP contribution in [0.4, 0.5) is 0 Å². The standard InChI is InChI=1S/C26H34N2O4/c1-26(2,3)24(19-9-7-6-8-10-19)27-25(30)20-16-23(29)28(17-20)14-13-18-11-12-21(31-4)22(15-18)32-5/h6-12,15,20,24H,13-14,16-17H2,1-5H3,(H,27,30). The highest BCUT2D eigenvalue weighted by Gasteiger charge is 2.36. The lowest BCUT2D eigenvalue weighted by molar-refractivity contribution is -0.129. The summed E-state index contributed by atoms with van der Waals surface area (Å²) in [5.74, 6) is 0.982. The fourth-order valence-electron chi connectivity index (χ4n) is 4.17. The molecule has 0 bridgehead atoms. The van der Waals surface area contributed by atoms with Gasteiger partial charge in [-0.2, -0.15) is 0 Å². The number of hydrogen-bond donors (Lipinski definition) is 1. The lowest BCUT2D eigenvalue weighted by Crippen LogP contribution is -2.40. The van der Waals surface area contributed by atoms with Crippen molar-refractivity contribution in [2.45, 2.75) is 39.7 Å². The average molecular weight is 439 g/mol. The van der Waals surface area contributed by atoms with Crippen LogP contribution in [0.1, 0.15) is 44.4 Å². The molecule has 6 nitrogen and oxygen atoms in total. The van der Waals surface area contributed by atoms with E-state index in [9.17, 15) is 9.59 Å². The van der Waals surface area contributed by atoms with Gasteiger partial charge >= 0.3 is 0 Å². The zero-order chi connectivity index (χ0) is 23.3. The Bertz CT molecular complexity index is 937. The maximum absolute atomic E-state index is 13.1. The van der Waals surface area contributed by atoms with E-state index in [2.05, 4.69) is 26.1 Å². The van der Waals surface area contributed by atoms with Gasteiger partial charge in [0.1, 0.15) is 0 Å². The number of hydrogen-bond acceptors (Lipinski definition) is 4. The Morgan fingerprint density at radius 2 is 1.78 bits per heavy atom. The number of carbonyl (C=O) groups excluding carboxylic acids is 2. The van der Waals surface area contributed by atoms with Crippen LogP contribution in [-0.2, 0) is 16.0 Å². The average Bonchev–Trinajstić information content (AvgIpc) is 3.16. The highest BCUT2D eigenvalue weighted by Crippen LogP contribution is 2.33. The van der Waals surface area contributed by atoms with E-state index >= 15 is 0 Å². The molecule has 1 fully saturated rings. The lowest BCUT2D eigenvalue weighted by Gasteiger charge is -2.32. The van der Waals surface area contributed by atoms with Crippen molar-refractivity contribution in [2.75, 3.05) is 27.3 Å². The van der Waals surface area contributed by atoms with E-state index in [1.54, 1.807) is 19.1 Å². The Kier molecular flexibility index (Phi) is 7.44. The molecular formula is C26H34N2O4. The zero-order valence-electron chi connectivity index (χ0n) is 19.7.